The van der Waals surface area contributed by atoms with E-state index in [9.17, 15) is 4.79 Å². The Hall–Kier alpha value is -0.570. The maximum Gasteiger partial charge on any atom is 0.236 e. The van der Waals surface area contributed by atoms with Crippen molar-refractivity contribution in [1.82, 2.24) is 10.2 Å². The number of amides is 1. The van der Waals surface area contributed by atoms with Crippen LogP contribution in [0.5, 0.6) is 0 Å². The van der Waals surface area contributed by atoms with Crippen molar-refractivity contribution >= 4 is 5.91 Å². The van der Waals surface area contributed by atoms with Crippen molar-refractivity contribution in [2.45, 2.75) is 40.5 Å². The van der Waals surface area contributed by atoms with Crippen LogP contribution in [-0.2, 0) is 4.79 Å². The van der Waals surface area contributed by atoms with Gasteiger partial charge in [-0.05, 0) is 24.2 Å². The van der Waals surface area contributed by atoms with Crippen LogP contribution in [0.1, 0.15) is 40.5 Å². The number of nitrogens with one attached hydrogen (secondary N) is 1. The number of hydrogen-bond donors (Lipinski definition) is 1. The van der Waals surface area contributed by atoms with Crippen molar-refractivity contribution in [1.29, 1.82) is 0 Å². The number of rotatable bonds is 5. The summed E-state index contributed by atoms with van der Waals surface area (Å²) in [6, 6.07) is 0. The van der Waals surface area contributed by atoms with Gasteiger partial charge >= 0.3 is 0 Å². The van der Waals surface area contributed by atoms with Crippen molar-refractivity contribution < 1.29 is 4.79 Å². The predicted octanol–water partition coefficient (Wildman–Crippen LogP) is 1.88. The first-order valence-electron chi connectivity index (χ1n) is 6.42. The van der Waals surface area contributed by atoms with E-state index in [2.05, 4.69) is 33.0 Å². The van der Waals surface area contributed by atoms with Crippen molar-refractivity contribution in [3.8, 4) is 0 Å². The van der Waals surface area contributed by atoms with Crippen LogP contribution in [0.25, 0.3) is 0 Å². The molecule has 0 aromatic carbocycles. The van der Waals surface area contributed by atoms with E-state index in [1.54, 1.807) is 0 Å². The fourth-order valence-electron chi connectivity index (χ4n) is 1.77. The van der Waals surface area contributed by atoms with Gasteiger partial charge in [0.25, 0.3) is 0 Å². The molecule has 3 nitrogen and oxygen atoms in total. The molecule has 1 heterocycles. The van der Waals surface area contributed by atoms with Gasteiger partial charge in [0.2, 0.25) is 5.91 Å². The Morgan fingerprint density at radius 1 is 1.31 bits per heavy atom. The van der Waals surface area contributed by atoms with Gasteiger partial charge < -0.3 is 10.2 Å². The molecule has 94 valence electrons. The Balaban J connectivity index is 2.22. The summed E-state index contributed by atoms with van der Waals surface area (Å²) in [5, 5.41) is 3.29. The molecule has 1 N–H and O–H groups in total. The average molecular weight is 226 g/mol. The standard InChI is InChI=1S/C13H26N2O/c1-11(2)13(3,4)10-14-9-12(16)15-7-5-6-8-15/h11,14H,5-10H2,1-4H3. The summed E-state index contributed by atoms with van der Waals surface area (Å²) >= 11 is 0. The zero-order chi connectivity index (χ0) is 12.2. The van der Waals surface area contributed by atoms with Crippen LogP contribution < -0.4 is 5.32 Å². The summed E-state index contributed by atoms with van der Waals surface area (Å²) in [6.45, 7) is 12.2. The Morgan fingerprint density at radius 2 is 1.88 bits per heavy atom. The van der Waals surface area contributed by atoms with Crippen LogP contribution in [0, 0.1) is 11.3 Å². The van der Waals surface area contributed by atoms with Crippen molar-refractivity contribution in [2.24, 2.45) is 11.3 Å². The van der Waals surface area contributed by atoms with Crippen LogP contribution in [0.15, 0.2) is 0 Å². The minimum atomic E-state index is 0.255. The summed E-state index contributed by atoms with van der Waals surface area (Å²) in [4.78, 5) is 13.7. The number of nitrogens with zero attached hydrogens (tertiary/aromatic N) is 1. The first kappa shape index (κ1) is 13.5. The Labute approximate surface area is 99.6 Å². The third-order valence-electron chi connectivity index (χ3n) is 3.88. The Bertz CT molecular complexity index is 230. The van der Waals surface area contributed by atoms with Gasteiger partial charge in [0.1, 0.15) is 0 Å². The molecule has 1 aliphatic heterocycles. The average Bonchev–Trinajstić information content (AvgIpc) is 2.69. The van der Waals surface area contributed by atoms with Gasteiger partial charge in [0.05, 0.1) is 6.54 Å². The first-order valence-corrected chi connectivity index (χ1v) is 6.42. The fraction of sp³-hybridized carbons (Fsp3) is 0.923. The van der Waals surface area contributed by atoms with E-state index in [1.807, 2.05) is 4.90 Å². The molecule has 0 unspecified atom stereocenters. The predicted molar refractivity (Wildman–Crippen MR) is 67.3 cm³/mol. The van der Waals surface area contributed by atoms with Crippen LogP contribution in [-0.4, -0.2) is 37.0 Å². The molecule has 0 aromatic heterocycles. The van der Waals surface area contributed by atoms with Crippen molar-refractivity contribution in [3.63, 3.8) is 0 Å². The lowest BCUT2D eigenvalue weighted by Gasteiger charge is -2.29. The van der Waals surface area contributed by atoms with Crippen molar-refractivity contribution in [2.75, 3.05) is 26.2 Å². The molecule has 1 aliphatic rings. The van der Waals surface area contributed by atoms with E-state index >= 15 is 0 Å². The van der Waals surface area contributed by atoms with Crippen LogP contribution in [0.2, 0.25) is 0 Å². The van der Waals surface area contributed by atoms with E-state index in [0.717, 1.165) is 19.6 Å². The lowest BCUT2D eigenvalue weighted by atomic mass is 9.81. The second-order valence-corrected chi connectivity index (χ2v) is 5.83. The monoisotopic (exact) mass is 226 g/mol. The number of carbonyl (C=O) groups excluding carboxylic acids is 1. The van der Waals surface area contributed by atoms with Gasteiger partial charge in [-0.25, -0.2) is 0 Å². The van der Waals surface area contributed by atoms with Gasteiger partial charge in [-0.15, -0.1) is 0 Å². The highest BCUT2D eigenvalue weighted by atomic mass is 16.2. The van der Waals surface area contributed by atoms with Gasteiger partial charge in [-0.3, -0.25) is 4.79 Å². The molecule has 0 aliphatic carbocycles. The summed E-state index contributed by atoms with van der Waals surface area (Å²) in [6.07, 6.45) is 2.34. The normalized spacial score (nSPS) is 17.2. The van der Waals surface area contributed by atoms with Crippen LogP contribution in [0.3, 0.4) is 0 Å². The molecule has 3 heteroatoms. The molecule has 1 saturated heterocycles. The second kappa shape index (κ2) is 5.67. The molecule has 0 spiro atoms. The van der Waals surface area contributed by atoms with E-state index in [1.165, 1.54) is 12.8 Å². The maximum absolute atomic E-state index is 11.8. The van der Waals surface area contributed by atoms with E-state index in [4.69, 9.17) is 0 Å². The topological polar surface area (TPSA) is 32.3 Å². The van der Waals surface area contributed by atoms with Gasteiger partial charge in [-0.2, -0.15) is 0 Å². The summed E-state index contributed by atoms with van der Waals surface area (Å²) in [5.41, 5.74) is 0.255. The maximum atomic E-state index is 11.8. The zero-order valence-corrected chi connectivity index (χ0v) is 11.2. The van der Waals surface area contributed by atoms with Gasteiger partial charge in [0.15, 0.2) is 0 Å². The lowest BCUT2D eigenvalue weighted by molar-refractivity contribution is -0.129. The molecule has 0 radical (unpaired) electrons. The quantitative estimate of drug-likeness (QED) is 0.776. The molecular formula is C13H26N2O. The second-order valence-electron chi connectivity index (χ2n) is 5.83. The van der Waals surface area contributed by atoms with E-state index in [-0.39, 0.29) is 11.3 Å². The van der Waals surface area contributed by atoms with E-state index in [0.29, 0.717) is 12.5 Å². The molecule has 1 rings (SSSR count). The molecule has 0 aromatic rings. The summed E-state index contributed by atoms with van der Waals surface area (Å²) in [5.74, 6) is 0.888. The number of carbonyl (C=O) groups is 1. The van der Waals surface area contributed by atoms with Crippen molar-refractivity contribution in [3.05, 3.63) is 0 Å². The van der Waals surface area contributed by atoms with Gasteiger partial charge in [0, 0.05) is 19.6 Å². The highest BCUT2D eigenvalue weighted by molar-refractivity contribution is 5.78. The largest absolute Gasteiger partial charge is 0.342 e. The third-order valence-corrected chi connectivity index (χ3v) is 3.88. The Kier molecular flexibility index (Phi) is 4.78. The minimum absolute atomic E-state index is 0.255. The molecule has 1 amide bonds. The summed E-state index contributed by atoms with van der Waals surface area (Å²) in [7, 11) is 0. The highest BCUT2D eigenvalue weighted by Crippen LogP contribution is 2.24. The molecular weight excluding hydrogens is 200 g/mol. The fourth-order valence-corrected chi connectivity index (χ4v) is 1.77. The smallest absolute Gasteiger partial charge is 0.236 e. The molecule has 0 saturated carbocycles. The third kappa shape index (κ3) is 3.78. The van der Waals surface area contributed by atoms with Crippen LogP contribution in [0.4, 0.5) is 0 Å². The Morgan fingerprint density at radius 3 is 2.38 bits per heavy atom. The van der Waals surface area contributed by atoms with E-state index < -0.39 is 0 Å². The number of likely N-dealkylation sites (tertiary alicyclic amines) is 1. The first-order chi connectivity index (χ1) is 7.43. The van der Waals surface area contributed by atoms with Gasteiger partial charge in [-0.1, -0.05) is 27.7 Å². The lowest BCUT2D eigenvalue weighted by Crippen LogP contribution is -2.41. The molecule has 0 atom stereocenters. The minimum Gasteiger partial charge on any atom is -0.342 e. The highest BCUT2D eigenvalue weighted by Gasteiger charge is 2.23. The SMILES string of the molecule is CC(C)C(C)(C)CNCC(=O)N1CCCC1. The number of hydrogen-bond acceptors (Lipinski definition) is 2. The van der Waals surface area contributed by atoms with Crippen LogP contribution >= 0.6 is 0 Å². The molecule has 1 fully saturated rings. The molecule has 0 bridgehead atoms. The zero-order valence-electron chi connectivity index (χ0n) is 11.2. The summed E-state index contributed by atoms with van der Waals surface area (Å²) < 4.78 is 0. The molecule has 16 heavy (non-hydrogen) atoms.